The van der Waals surface area contributed by atoms with Crippen LogP contribution in [0.15, 0.2) is 58.1 Å². The number of amides is 1. The van der Waals surface area contributed by atoms with E-state index in [1.54, 1.807) is 12.1 Å². The van der Waals surface area contributed by atoms with Crippen LogP contribution >= 0.6 is 15.9 Å². The zero-order valence-corrected chi connectivity index (χ0v) is 18.6. The molecule has 0 aliphatic carbocycles. The van der Waals surface area contributed by atoms with Crippen LogP contribution in [0.25, 0.3) is 10.9 Å². The van der Waals surface area contributed by atoms with Gasteiger partial charge in [-0.05, 0) is 48.9 Å². The van der Waals surface area contributed by atoms with Gasteiger partial charge in [-0.2, -0.15) is 5.26 Å². The lowest BCUT2D eigenvalue weighted by molar-refractivity contribution is -0.131. The SMILES string of the molecule is N#Cc1ccc(N2CCCN(C(=O)CCn3cnc4ccc(Br)cc4c3=O)CC2)cc1. The van der Waals surface area contributed by atoms with E-state index in [9.17, 15) is 9.59 Å². The molecule has 0 spiro atoms. The second kappa shape index (κ2) is 9.31. The molecule has 0 saturated carbocycles. The Balaban J connectivity index is 1.38. The molecule has 4 rings (SSSR count). The van der Waals surface area contributed by atoms with Gasteiger partial charge in [0.15, 0.2) is 0 Å². The van der Waals surface area contributed by atoms with Crippen molar-refractivity contribution >= 4 is 38.4 Å². The maximum Gasteiger partial charge on any atom is 0.261 e. The van der Waals surface area contributed by atoms with E-state index < -0.39 is 0 Å². The molecule has 1 aromatic heterocycles. The minimum absolute atomic E-state index is 0.0444. The smallest absolute Gasteiger partial charge is 0.261 e. The molecule has 3 aromatic rings. The van der Waals surface area contributed by atoms with Crippen LogP contribution in [0.1, 0.15) is 18.4 Å². The first-order chi connectivity index (χ1) is 15.0. The van der Waals surface area contributed by atoms with E-state index >= 15 is 0 Å². The zero-order chi connectivity index (χ0) is 21.8. The van der Waals surface area contributed by atoms with Crippen molar-refractivity contribution in [2.75, 3.05) is 31.1 Å². The first-order valence-electron chi connectivity index (χ1n) is 10.2. The lowest BCUT2D eigenvalue weighted by Crippen LogP contribution is -2.36. The van der Waals surface area contributed by atoms with Crippen LogP contribution < -0.4 is 10.5 Å². The van der Waals surface area contributed by atoms with Gasteiger partial charge in [0.05, 0.1) is 28.9 Å². The Labute approximate surface area is 188 Å². The second-order valence-corrected chi connectivity index (χ2v) is 8.45. The van der Waals surface area contributed by atoms with Crippen molar-refractivity contribution in [2.24, 2.45) is 0 Å². The Morgan fingerprint density at radius 3 is 2.68 bits per heavy atom. The molecule has 31 heavy (non-hydrogen) atoms. The van der Waals surface area contributed by atoms with Gasteiger partial charge in [-0.15, -0.1) is 0 Å². The molecular formula is C23H22BrN5O2. The van der Waals surface area contributed by atoms with Crippen LogP contribution in [0.2, 0.25) is 0 Å². The number of nitriles is 1. The van der Waals surface area contributed by atoms with E-state index in [0.717, 1.165) is 29.7 Å². The summed E-state index contributed by atoms with van der Waals surface area (Å²) >= 11 is 3.39. The van der Waals surface area contributed by atoms with Crippen LogP contribution in [0, 0.1) is 11.3 Å². The normalized spacial score (nSPS) is 14.3. The molecule has 1 saturated heterocycles. The lowest BCUT2D eigenvalue weighted by atomic mass is 10.2. The van der Waals surface area contributed by atoms with Gasteiger partial charge in [-0.25, -0.2) is 4.98 Å². The fourth-order valence-corrected chi connectivity index (χ4v) is 4.20. The highest BCUT2D eigenvalue weighted by molar-refractivity contribution is 9.10. The number of rotatable bonds is 4. The number of hydrogen-bond donors (Lipinski definition) is 0. The number of carbonyl (C=O) groups excluding carboxylic acids is 1. The van der Waals surface area contributed by atoms with Crippen molar-refractivity contribution in [3.63, 3.8) is 0 Å². The maximum atomic E-state index is 12.8. The third kappa shape index (κ3) is 4.78. The zero-order valence-electron chi connectivity index (χ0n) is 17.0. The Hall–Kier alpha value is -3.18. The lowest BCUT2D eigenvalue weighted by Gasteiger charge is -2.24. The van der Waals surface area contributed by atoms with Gasteiger partial charge in [-0.1, -0.05) is 15.9 Å². The van der Waals surface area contributed by atoms with Gasteiger partial charge in [0.1, 0.15) is 0 Å². The van der Waals surface area contributed by atoms with Gasteiger partial charge in [-0.3, -0.25) is 14.2 Å². The molecule has 7 nitrogen and oxygen atoms in total. The van der Waals surface area contributed by atoms with Gasteiger partial charge in [0, 0.05) is 49.3 Å². The van der Waals surface area contributed by atoms with Crippen LogP contribution in [-0.2, 0) is 11.3 Å². The average Bonchev–Trinajstić information content (AvgIpc) is 3.05. The molecule has 2 aromatic carbocycles. The summed E-state index contributed by atoms with van der Waals surface area (Å²) in [5.74, 6) is 0.0444. The number of fused-ring (bicyclic) bond motifs is 1. The number of aromatic nitrogens is 2. The van der Waals surface area contributed by atoms with E-state index in [1.807, 2.05) is 35.2 Å². The highest BCUT2D eigenvalue weighted by Crippen LogP contribution is 2.18. The van der Waals surface area contributed by atoms with Crippen molar-refractivity contribution < 1.29 is 4.79 Å². The van der Waals surface area contributed by atoms with E-state index in [4.69, 9.17) is 5.26 Å². The maximum absolute atomic E-state index is 12.8. The Bertz CT molecular complexity index is 1200. The molecule has 0 bridgehead atoms. The van der Waals surface area contributed by atoms with Crippen LogP contribution in [0.5, 0.6) is 0 Å². The average molecular weight is 480 g/mol. The summed E-state index contributed by atoms with van der Waals surface area (Å²) in [6.07, 6.45) is 2.65. The molecule has 0 unspecified atom stereocenters. The number of halogens is 1. The van der Waals surface area contributed by atoms with Gasteiger partial charge in [0.25, 0.3) is 5.56 Å². The summed E-state index contributed by atoms with van der Waals surface area (Å²) in [6.45, 7) is 3.24. The molecule has 158 valence electrons. The van der Waals surface area contributed by atoms with E-state index in [2.05, 4.69) is 31.9 Å². The van der Waals surface area contributed by atoms with Gasteiger partial charge in [0.2, 0.25) is 5.91 Å². The van der Waals surface area contributed by atoms with Crippen LogP contribution in [0.3, 0.4) is 0 Å². The van der Waals surface area contributed by atoms with Crippen LogP contribution in [0.4, 0.5) is 5.69 Å². The van der Waals surface area contributed by atoms with E-state index in [-0.39, 0.29) is 17.9 Å². The molecule has 1 aliphatic heterocycles. The van der Waals surface area contributed by atoms with Crippen LogP contribution in [-0.4, -0.2) is 46.5 Å². The monoisotopic (exact) mass is 479 g/mol. The fourth-order valence-electron chi connectivity index (χ4n) is 3.84. The minimum atomic E-state index is -0.137. The number of anilines is 1. The molecule has 1 fully saturated rings. The Kier molecular flexibility index (Phi) is 6.33. The highest BCUT2D eigenvalue weighted by atomic mass is 79.9. The van der Waals surface area contributed by atoms with Crippen molar-refractivity contribution in [1.82, 2.24) is 14.5 Å². The summed E-state index contributed by atoms with van der Waals surface area (Å²) in [5.41, 5.74) is 2.21. The predicted molar refractivity (Wildman–Crippen MR) is 123 cm³/mol. The third-order valence-corrected chi connectivity index (χ3v) is 6.06. The molecule has 1 amide bonds. The summed E-state index contributed by atoms with van der Waals surface area (Å²) < 4.78 is 2.33. The largest absolute Gasteiger partial charge is 0.370 e. The first-order valence-corrected chi connectivity index (χ1v) is 11.0. The first kappa shape index (κ1) is 21.1. The Morgan fingerprint density at radius 1 is 1.10 bits per heavy atom. The number of nitrogens with zero attached hydrogens (tertiary/aromatic N) is 5. The quantitative estimate of drug-likeness (QED) is 0.573. The summed E-state index contributed by atoms with van der Waals surface area (Å²) in [6, 6.07) is 15.1. The number of aryl methyl sites for hydroxylation is 1. The van der Waals surface area contributed by atoms with Crippen molar-refractivity contribution in [3.8, 4) is 6.07 Å². The fraction of sp³-hybridized carbons (Fsp3) is 0.304. The molecule has 8 heteroatoms. The second-order valence-electron chi connectivity index (χ2n) is 7.53. The van der Waals surface area contributed by atoms with Gasteiger partial charge >= 0.3 is 0 Å². The van der Waals surface area contributed by atoms with Gasteiger partial charge < -0.3 is 9.80 Å². The third-order valence-electron chi connectivity index (χ3n) is 5.56. The number of benzene rings is 2. The molecule has 2 heterocycles. The van der Waals surface area contributed by atoms with E-state index in [1.165, 1.54) is 10.9 Å². The highest BCUT2D eigenvalue weighted by Gasteiger charge is 2.19. The van der Waals surface area contributed by atoms with E-state index in [0.29, 0.717) is 36.1 Å². The topological polar surface area (TPSA) is 82.2 Å². The number of hydrogen-bond acceptors (Lipinski definition) is 5. The number of carbonyl (C=O) groups is 1. The standard InChI is InChI=1S/C23H22BrN5O2/c24-18-4-7-21-20(14-18)23(31)29(16-26-21)11-8-22(30)28-10-1-9-27(12-13-28)19-5-2-17(15-25)3-6-19/h2-7,14,16H,1,8-13H2. The van der Waals surface area contributed by atoms with Crippen molar-refractivity contribution in [1.29, 1.82) is 5.26 Å². The minimum Gasteiger partial charge on any atom is -0.370 e. The molecule has 0 radical (unpaired) electrons. The molecule has 0 atom stereocenters. The summed E-state index contributed by atoms with van der Waals surface area (Å²) in [4.78, 5) is 34.0. The summed E-state index contributed by atoms with van der Waals surface area (Å²) in [5, 5.41) is 9.50. The summed E-state index contributed by atoms with van der Waals surface area (Å²) in [7, 11) is 0. The molecular weight excluding hydrogens is 458 g/mol. The predicted octanol–water partition coefficient (Wildman–Crippen LogP) is 3.16. The molecule has 0 N–H and O–H groups in total. The Morgan fingerprint density at radius 2 is 1.90 bits per heavy atom. The van der Waals surface area contributed by atoms with Crippen molar-refractivity contribution in [3.05, 3.63) is 69.2 Å². The van der Waals surface area contributed by atoms with Crippen molar-refractivity contribution in [2.45, 2.75) is 19.4 Å². The molecule has 1 aliphatic rings.